The third-order valence-corrected chi connectivity index (χ3v) is 4.54. The van der Waals surface area contributed by atoms with Crippen LogP contribution in [0.1, 0.15) is 64.7 Å². The minimum absolute atomic E-state index is 0.567. The minimum atomic E-state index is 0.567. The van der Waals surface area contributed by atoms with Gasteiger partial charge in [0.2, 0.25) is 0 Å². The van der Waals surface area contributed by atoms with Crippen LogP contribution in [0, 0.1) is 5.92 Å². The smallest absolute Gasteiger partial charge is 0.0577 e. The summed E-state index contributed by atoms with van der Waals surface area (Å²) >= 11 is 0. The molecular formula is C15H29NO. The summed E-state index contributed by atoms with van der Waals surface area (Å²) in [6, 6.07) is 0.731. The minimum Gasteiger partial charge on any atom is -0.378 e. The van der Waals surface area contributed by atoms with Gasteiger partial charge in [0.15, 0.2) is 0 Å². The van der Waals surface area contributed by atoms with E-state index in [4.69, 9.17) is 4.74 Å². The third kappa shape index (κ3) is 4.59. The Balaban J connectivity index is 1.57. The Labute approximate surface area is 107 Å². The lowest BCUT2D eigenvalue weighted by atomic mass is 9.85. The number of ether oxygens (including phenoxy) is 1. The first kappa shape index (κ1) is 13.4. The highest BCUT2D eigenvalue weighted by molar-refractivity contribution is 4.74. The fourth-order valence-electron chi connectivity index (χ4n) is 3.31. The van der Waals surface area contributed by atoms with Crippen LogP contribution in [0.4, 0.5) is 0 Å². The van der Waals surface area contributed by atoms with E-state index in [2.05, 4.69) is 12.2 Å². The van der Waals surface area contributed by atoms with Gasteiger partial charge in [0.25, 0.3) is 0 Å². The summed E-state index contributed by atoms with van der Waals surface area (Å²) < 4.78 is 6.08. The van der Waals surface area contributed by atoms with Crippen LogP contribution in [0.5, 0.6) is 0 Å². The Hall–Kier alpha value is -0.0800. The van der Waals surface area contributed by atoms with Gasteiger partial charge < -0.3 is 10.1 Å². The Morgan fingerprint density at radius 1 is 1.12 bits per heavy atom. The normalized spacial score (nSPS) is 34.8. The van der Waals surface area contributed by atoms with Crippen molar-refractivity contribution in [3.63, 3.8) is 0 Å². The molecule has 17 heavy (non-hydrogen) atoms. The second-order valence-electron chi connectivity index (χ2n) is 5.87. The van der Waals surface area contributed by atoms with Crippen molar-refractivity contribution in [1.29, 1.82) is 0 Å². The van der Waals surface area contributed by atoms with Crippen LogP contribution in [0.2, 0.25) is 0 Å². The molecule has 2 rings (SSSR count). The van der Waals surface area contributed by atoms with E-state index >= 15 is 0 Å². The molecule has 0 aromatic rings. The molecule has 100 valence electrons. The van der Waals surface area contributed by atoms with Gasteiger partial charge in [0.1, 0.15) is 0 Å². The molecule has 1 saturated carbocycles. The van der Waals surface area contributed by atoms with Gasteiger partial charge in [-0.3, -0.25) is 0 Å². The van der Waals surface area contributed by atoms with Gasteiger partial charge in [0, 0.05) is 12.6 Å². The molecule has 0 radical (unpaired) electrons. The van der Waals surface area contributed by atoms with Crippen LogP contribution >= 0.6 is 0 Å². The fraction of sp³-hybridized carbons (Fsp3) is 1.00. The van der Waals surface area contributed by atoms with Gasteiger partial charge in [0.05, 0.1) is 6.10 Å². The zero-order chi connectivity index (χ0) is 11.9. The molecule has 0 aromatic heterocycles. The van der Waals surface area contributed by atoms with Crippen molar-refractivity contribution in [2.24, 2.45) is 5.92 Å². The predicted molar refractivity (Wildman–Crippen MR) is 72.2 cm³/mol. The summed E-state index contributed by atoms with van der Waals surface area (Å²) in [5.74, 6) is 0.932. The van der Waals surface area contributed by atoms with Crippen molar-refractivity contribution in [3.8, 4) is 0 Å². The molecule has 1 saturated heterocycles. The quantitative estimate of drug-likeness (QED) is 0.793. The molecule has 0 aromatic carbocycles. The monoisotopic (exact) mass is 239 g/mol. The molecule has 2 heteroatoms. The van der Waals surface area contributed by atoms with Gasteiger partial charge in [-0.05, 0) is 44.6 Å². The fourth-order valence-corrected chi connectivity index (χ4v) is 3.31. The Morgan fingerprint density at radius 2 is 2.06 bits per heavy atom. The maximum atomic E-state index is 6.08. The molecule has 2 fully saturated rings. The van der Waals surface area contributed by atoms with Crippen molar-refractivity contribution < 1.29 is 4.74 Å². The second-order valence-corrected chi connectivity index (χ2v) is 5.87. The number of piperidine rings is 1. The second kappa shape index (κ2) is 7.38. The van der Waals surface area contributed by atoms with E-state index in [1.54, 1.807) is 0 Å². The predicted octanol–water partition coefficient (Wildman–Crippen LogP) is 3.50. The van der Waals surface area contributed by atoms with E-state index in [0.29, 0.717) is 6.10 Å². The Kier molecular flexibility index (Phi) is 5.79. The highest BCUT2D eigenvalue weighted by Gasteiger charge is 2.21. The maximum absolute atomic E-state index is 6.08. The van der Waals surface area contributed by atoms with Gasteiger partial charge in [-0.25, -0.2) is 0 Å². The van der Waals surface area contributed by atoms with Crippen molar-refractivity contribution >= 4 is 0 Å². The van der Waals surface area contributed by atoms with E-state index in [1.165, 1.54) is 64.3 Å². The number of hydrogen-bond donors (Lipinski definition) is 1. The summed E-state index contributed by atoms with van der Waals surface area (Å²) in [6.07, 6.45) is 12.7. The van der Waals surface area contributed by atoms with Gasteiger partial charge in [-0.1, -0.05) is 32.6 Å². The van der Waals surface area contributed by atoms with E-state index in [-0.39, 0.29) is 0 Å². The van der Waals surface area contributed by atoms with E-state index in [9.17, 15) is 0 Å². The largest absolute Gasteiger partial charge is 0.378 e. The maximum Gasteiger partial charge on any atom is 0.0577 e. The molecule has 2 nitrogen and oxygen atoms in total. The first-order valence-electron chi connectivity index (χ1n) is 7.73. The summed E-state index contributed by atoms with van der Waals surface area (Å²) in [6.45, 7) is 4.50. The van der Waals surface area contributed by atoms with Gasteiger partial charge >= 0.3 is 0 Å². The summed E-state index contributed by atoms with van der Waals surface area (Å²) in [5.41, 5.74) is 0. The van der Waals surface area contributed by atoms with Gasteiger partial charge in [-0.15, -0.1) is 0 Å². The van der Waals surface area contributed by atoms with Crippen LogP contribution in [-0.4, -0.2) is 25.3 Å². The molecule has 1 heterocycles. The number of rotatable bonds is 5. The molecule has 0 spiro atoms. The lowest BCUT2D eigenvalue weighted by Gasteiger charge is -2.29. The van der Waals surface area contributed by atoms with Crippen molar-refractivity contribution in [1.82, 2.24) is 5.32 Å². The number of nitrogens with one attached hydrogen (secondary N) is 1. The summed E-state index contributed by atoms with van der Waals surface area (Å²) in [4.78, 5) is 0. The van der Waals surface area contributed by atoms with Crippen molar-refractivity contribution in [2.45, 2.75) is 76.9 Å². The van der Waals surface area contributed by atoms with Crippen LogP contribution in [0.25, 0.3) is 0 Å². The summed E-state index contributed by atoms with van der Waals surface area (Å²) in [7, 11) is 0. The zero-order valence-corrected chi connectivity index (χ0v) is 11.4. The van der Waals surface area contributed by atoms with Crippen LogP contribution in [0.15, 0.2) is 0 Å². The van der Waals surface area contributed by atoms with E-state index < -0.39 is 0 Å². The van der Waals surface area contributed by atoms with Crippen LogP contribution in [-0.2, 0) is 4.74 Å². The van der Waals surface area contributed by atoms with E-state index in [0.717, 1.165) is 18.6 Å². The molecule has 1 aliphatic carbocycles. The SMILES string of the molecule is CCC1CCCC(OCCC2CCCCN2)C1. The van der Waals surface area contributed by atoms with Gasteiger partial charge in [-0.2, -0.15) is 0 Å². The van der Waals surface area contributed by atoms with Crippen molar-refractivity contribution in [2.75, 3.05) is 13.2 Å². The lowest BCUT2D eigenvalue weighted by Crippen LogP contribution is -2.35. The lowest BCUT2D eigenvalue weighted by molar-refractivity contribution is 0.00747. The molecule has 1 aliphatic heterocycles. The first-order valence-corrected chi connectivity index (χ1v) is 7.73. The van der Waals surface area contributed by atoms with Crippen LogP contribution in [0.3, 0.4) is 0 Å². The van der Waals surface area contributed by atoms with E-state index in [1.807, 2.05) is 0 Å². The average molecular weight is 239 g/mol. The van der Waals surface area contributed by atoms with Crippen molar-refractivity contribution in [3.05, 3.63) is 0 Å². The summed E-state index contributed by atoms with van der Waals surface area (Å²) in [5, 5.41) is 3.60. The molecular weight excluding hydrogens is 210 g/mol. The molecule has 2 aliphatic rings. The molecule has 3 atom stereocenters. The highest BCUT2D eigenvalue weighted by Crippen LogP contribution is 2.28. The molecule has 1 N–H and O–H groups in total. The number of hydrogen-bond acceptors (Lipinski definition) is 2. The highest BCUT2D eigenvalue weighted by atomic mass is 16.5. The topological polar surface area (TPSA) is 21.3 Å². The zero-order valence-electron chi connectivity index (χ0n) is 11.4. The third-order valence-electron chi connectivity index (χ3n) is 4.54. The van der Waals surface area contributed by atoms with Crippen LogP contribution < -0.4 is 5.32 Å². The standard InChI is InChI=1S/C15H29NO/c1-2-13-6-5-8-15(12-13)17-11-9-14-7-3-4-10-16-14/h13-16H,2-12H2,1H3. The Bertz CT molecular complexity index is 201. The molecule has 3 unspecified atom stereocenters. The molecule has 0 amide bonds. The average Bonchev–Trinajstić information content (AvgIpc) is 2.40. The Morgan fingerprint density at radius 3 is 2.82 bits per heavy atom. The first-order chi connectivity index (χ1) is 8.38. The molecule has 0 bridgehead atoms.